The molecule has 21 heavy (non-hydrogen) atoms. The normalized spacial score (nSPS) is 21.8. The van der Waals surface area contributed by atoms with Crippen LogP contribution in [0.3, 0.4) is 0 Å². The third-order valence-corrected chi connectivity index (χ3v) is 4.95. The van der Waals surface area contributed by atoms with Crippen LogP contribution in [0.15, 0.2) is 0 Å². The summed E-state index contributed by atoms with van der Waals surface area (Å²) in [6, 6.07) is 0.399. The van der Waals surface area contributed by atoms with E-state index in [4.69, 9.17) is 4.74 Å². The van der Waals surface area contributed by atoms with Crippen LogP contribution < -0.4 is 5.32 Å². The maximum Gasteiger partial charge on any atom is 0.325 e. The average Bonchev–Trinajstić information content (AvgIpc) is 2.52. The maximum atomic E-state index is 12.2. The Labute approximate surface area is 130 Å². The Morgan fingerprint density at radius 1 is 1.38 bits per heavy atom. The number of hydrogen-bond donors (Lipinski definition) is 1. The fourth-order valence-electron chi connectivity index (χ4n) is 3.38. The number of carbonyl (C=O) groups is 1. The average molecular weight is 298 g/mol. The SMILES string of the molecule is CCCNC(C)(CC(C)N1CCC(CC)CC1)C(=O)OC. The lowest BCUT2D eigenvalue weighted by atomic mass is 9.89. The van der Waals surface area contributed by atoms with Crippen molar-refractivity contribution in [3.8, 4) is 0 Å². The van der Waals surface area contributed by atoms with Gasteiger partial charge in [-0.2, -0.15) is 0 Å². The highest BCUT2D eigenvalue weighted by Crippen LogP contribution is 2.25. The monoisotopic (exact) mass is 298 g/mol. The van der Waals surface area contributed by atoms with Crippen molar-refractivity contribution in [2.24, 2.45) is 5.92 Å². The third-order valence-electron chi connectivity index (χ3n) is 4.95. The summed E-state index contributed by atoms with van der Waals surface area (Å²) >= 11 is 0. The number of nitrogens with zero attached hydrogens (tertiary/aromatic N) is 1. The summed E-state index contributed by atoms with van der Waals surface area (Å²) in [4.78, 5) is 14.7. The second-order valence-electron chi connectivity index (χ2n) is 6.69. The molecule has 0 spiro atoms. The van der Waals surface area contributed by atoms with Gasteiger partial charge in [-0.15, -0.1) is 0 Å². The first-order chi connectivity index (χ1) is 9.96. The minimum Gasteiger partial charge on any atom is -0.468 e. The Kier molecular flexibility index (Phi) is 7.67. The molecular weight excluding hydrogens is 264 g/mol. The molecule has 1 saturated heterocycles. The van der Waals surface area contributed by atoms with Crippen molar-refractivity contribution in [1.29, 1.82) is 0 Å². The molecule has 1 heterocycles. The number of esters is 1. The van der Waals surface area contributed by atoms with Gasteiger partial charge in [0.05, 0.1) is 7.11 Å². The number of ether oxygens (including phenoxy) is 1. The summed E-state index contributed by atoms with van der Waals surface area (Å²) in [6.07, 6.45) is 5.69. The molecule has 1 aliphatic rings. The van der Waals surface area contributed by atoms with Crippen molar-refractivity contribution >= 4 is 5.97 Å². The lowest BCUT2D eigenvalue weighted by molar-refractivity contribution is -0.148. The molecule has 4 nitrogen and oxygen atoms in total. The van der Waals surface area contributed by atoms with E-state index >= 15 is 0 Å². The largest absolute Gasteiger partial charge is 0.468 e. The van der Waals surface area contributed by atoms with E-state index in [1.165, 1.54) is 26.4 Å². The molecule has 0 bridgehead atoms. The second kappa shape index (κ2) is 8.74. The van der Waals surface area contributed by atoms with Crippen LogP contribution in [-0.2, 0) is 9.53 Å². The molecule has 1 rings (SSSR count). The zero-order valence-electron chi connectivity index (χ0n) is 14.6. The van der Waals surface area contributed by atoms with E-state index in [0.717, 1.165) is 38.4 Å². The smallest absolute Gasteiger partial charge is 0.325 e. The molecule has 0 amide bonds. The molecule has 2 atom stereocenters. The van der Waals surface area contributed by atoms with Crippen molar-refractivity contribution in [3.63, 3.8) is 0 Å². The first-order valence-corrected chi connectivity index (χ1v) is 8.54. The number of likely N-dealkylation sites (tertiary alicyclic amines) is 1. The lowest BCUT2D eigenvalue weighted by Crippen LogP contribution is -2.55. The zero-order chi connectivity index (χ0) is 15.9. The lowest BCUT2D eigenvalue weighted by Gasteiger charge is -2.39. The van der Waals surface area contributed by atoms with Crippen LogP contribution in [0, 0.1) is 5.92 Å². The van der Waals surface area contributed by atoms with Gasteiger partial charge in [0.15, 0.2) is 0 Å². The topological polar surface area (TPSA) is 41.6 Å². The van der Waals surface area contributed by atoms with Crippen molar-refractivity contribution in [3.05, 3.63) is 0 Å². The Morgan fingerprint density at radius 3 is 2.48 bits per heavy atom. The van der Waals surface area contributed by atoms with Crippen LogP contribution in [0.4, 0.5) is 0 Å². The molecule has 0 aromatic carbocycles. The number of carbonyl (C=O) groups excluding carboxylic acids is 1. The van der Waals surface area contributed by atoms with Gasteiger partial charge < -0.3 is 15.0 Å². The van der Waals surface area contributed by atoms with Gasteiger partial charge in [-0.25, -0.2) is 0 Å². The van der Waals surface area contributed by atoms with Crippen LogP contribution in [0.2, 0.25) is 0 Å². The molecule has 0 aromatic heterocycles. The molecule has 124 valence electrons. The van der Waals surface area contributed by atoms with Crippen LogP contribution in [0.25, 0.3) is 0 Å². The predicted molar refractivity (Wildman–Crippen MR) is 87.4 cm³/mol. The highest BCUT2D eigenvalue weighted by atomic mass is 16.5. The van der Waals surface area contributed by atoms with Crippen molar-refractivity contribution in [2.75, 3.05) is 26.7 Å². The first-order valence-electron chi connectivity index (χ1n) is 8.54. The van der Waals surface area contributed by atoms with Crippen molar-refractivity contribution < 1.29 is 9.53 Å². The van der Waals surface area contributed by atoms with Gasteiger partial charge in [-0.3, -0.25) is 4.79 Å². The van der Waals surface area contributed by atoms with Gasteiger partial charge in [0, 0.05) is 6.04 Å². The van der Waals surface area contributed by atoms with E-state index < -0.39 is 5.54 Å². The molecule has 4 heteroatoms. The first kappa shape index (κ1) is 18.4. The fraction of sp³-hybridized carbons (Fsp3) is 0.941. The number of rotatable bonds is 8. The van der Waals surface area contributed by atoms with Crippen molar-refractivity contribution in [1.82, 2.24) is 10.2 Å². The Bertz CT molecular complexity index is 314. The minimum atomic E-state index is -0.578. The summed E-state index contributed by atoms with van der Waals surface area (Å²) in [5, 5.41) is 3.39. The number of hydrogen-bond acceptors (Lipinski definition) is 4. The van der Waals surface area contributed by atoms with E-state index in [0.29, 0.717) is 6.04 Å². The third kappa shape index (κ3) is 5.26. The summed E-state index contributed by atoms with van der Waals surface area (Å²) in [5.41, 5.74) is -0.578. The number of methoxy groups -OCH3 is 1. The van der Waals surface area contributed by atoms with Crippen LogP contribution >= 0.6 is 0 Å². The summed E-state index contributed by atoms with van der Waals surface area (Å²) in [7, 11) is 1.48. The summed E-state index contributed by atoms with van der Waals surface area (Å²) in [5.74, 6) is 0.741. The Morgan fingerprint density at radius 2 is 2.00 bits per heavy atom. The highest BCUT2D eigenvalue weighted by Gasteiger charge is 2.37. The highest BCUT2D eigenvalue weighted by molar-refractivity contribution is 5.80. The predicted octanol–water partition coefficient (Wildman–Crippen LogP) is 2.82. The Balaban J connectivity index is 2.59. The molecule has 0 radical (unpaired) electrons. The second-order valence-corrected chi connectivity index (χ2v) is 6.69. The van der Waals surface area contributed by atoms with E-state index in [2.05, 4.69) is 31.0 Å². The van der Waals surface area contributed by atoms with Gasteiger partial charge >= 0.3 is 5.97 Å². The molecule has 2 unspecified atom stereocenters. The minimum absolute atomic E-state index is 0.147. The van der Waals surface area contributed by atoms with E-state index in [1.54, 1.807) is 0 Å². The fourth-order valence-corrected chi connectivity index (χ4v) is 3.38. The van der Waals surface area contributed by atoms with Crippen LogP contribution in [0.5, 0.6) is 0 Å². The summed E-state index contributed by atoms with van der Waals surface area (Å²) in [6.45, 7) is 11.8. The van der Waals surface area contributed by atoms with Gasteiger partial charge in [0.2, 0.25) is 0 Å². The molecule has 0 aliphatic carbocycles. The van der Waals surface area contributed by atoms with E-state index in [1.807, 2.05) is 6.92 Å². The summed E-state index contributed by atoms with van der Waals surface area (Å²) < 4.78 is 5.02. The Hall–Kier alpha value is -0.610. The quantitative estimate of drug-likeness (QED) is 0.700. The standard InChI is InChI=1S/C17H34N2O2/c1-6-10-18-17(4,16(20)21-5)13-14(3)19-11-8-15(7-2)9-12-19/h14-15,18H,6-13H2,1-5H3. The van der Waals surface area contributed by atoms with Crippen LogP contribution in [0.1, 0.15) is 59.8 Å². The van der Waals surface area contributed by atoms with Gasteiger partial charge in [-0.1, -0.05) is 20.3 Å². The maximum absolute atomic E-state index is 12.2. The van der Waals surface area contributed by atoms with Crippen molar-refractivity contribution in [2.45, 2.75) is 71.4 Å². The number of piperidine rings is 1. The molecule has 1 N–H and O–H groups in total. The van der Waals surface area contributed by atoms with E-state index in [9.17, 15) is 4.79 Å². The molecule has 0 saturated carbocycles. The molecular formula is C17H34N2O2. The van der Waals surface area contributed by atoms with Crippen LogP contribution in [-0.4, -0.2) is 49.2 Å². The molecule has 0 aromatic rings. The van der Waals surface area contributed by atoms with Gasteiger partial charge in [0.1, 0.15) is 5.54 Å². The van der Waals surface area contributed by atoms with Gasteiger partial charge in [0.25, 0.3) is 0 Å². The van der Waals surface area contributed by atoms with E-state index in [-0.39, 0.29) is 5.97 Å². The molecule has 1 fully saturated rings. The van der Waals surface area contributed by atoms with Gasteiger partial charge in [-0.05, 0) is 65.1 Å². The number of nitrogens with one attached hydrogen (secondary N) is 1. The molecule has 1 aliphatic heterocycles. The zero-order valence-corrected chi connectivity index (χ0v) is 14.6.